The molecule has 2 amide bonds. The number of carbonyl (C=O) groups is 2. The van der Waals surface area contributed by atoms with E-state index in [0.717, 1.165) is 29.7 Å². The maximum atomic E-state index is 12.7. The number of benzene rings is 2. The van der Waals surface area contributed by atoms with Crippen LogP contribution in [0, 0.1) is 0 Å². The first-order valence-corrected chi connectivity index (χ1v) is 10.3. The number of nitrogens with zero attached hydrogens (tertiary/aromatic N) is 2. The number of nitrogens with one attached hydrogen (secondary N) is 2. The highest BCUT2D eigenvalue weighted by Gasteiger charge is 2.14. The number of methoxy groups -OCH3 is 1. The first kappa shape index (κ1) is 21.4. The van der Waals surface area contributed by atoms with Gasteiger partial charge in [-0.15, -0.1) is 0 Å². The van der Waals surface area contributed by atoms with Gasteiger partial charge in [0.15, 0.2) is 0 Å². The molecule has 30 heavy (non-hydrogen) atoms. The zero-order chi connectivity index (χ0) is 21.3. The molecule has 1 heterocycles. The van der Waals surface area contributed by atoms with Crippen LogP contribution in [0.25, 0.3) is 11.0 Å². The van der Waals surface area contributed by atoms with Crippen LogP contribution in [-0.2, 0) is 22.6 Å². The van der Waals surface area contributed by atoms with Gasteiger partial charge in [0.25, 0.3) is 0 Å². The van der Waals surface area contributed by atoms with Crippen molar-refractivity contribution < 1.29 is 14.3 Å². The van der Waals surface area contributed by atoms with Crippen LogP contribution in [0.3, 0.4) is 0 Å². The van der Waals surface area contributed by atoms with Gasteiger partial charge in [0.05, 0.1) is 18.1 Å². The number of anilines is 1. The molecule has 0 aliphatic rings. The van der Waals surface area contributed by atoms with Crippen molar-refractivity contribution in [2.75, 3.05) is 19.0 Å². The lowest BCUT2D eigenvalue weighted by Gasteiger charge is -2.11. The van der Waals surface area contributed by atoms with Crippen LogP contribution in [0.4, 0.5) is 5.69 Å². The van der Waals surface area contributed by atoms with Crippen molar-refractivity contribution in [2.24, 2.45) is 0 Å². The second-order valence-corrected chi connectivity index (χ2v) is 7.09. The predicted octanol–water partition coefficient (Wildman–Crippen LogP) is 3.53. The molecule has 158 valence electrons. The Hall–Kier alpha value is -3.35. The molecule has 0 radical (unpaired) electrons. The van der Waals surface area contributed by atoms with Gasteiger partial charge >= 0.3 is 0 Å². The minimum atomic E-state index is -0.135. The molecule has 0 atom stereocenters. The Kier molecular flexibility index (Phi) is 7.43. The summed E-state index contributed by atoms with van der Waals surface area (Å²) in [7, 11) is 1.59. The minimum Gasteiger partial charge on any atom is -0.497 e. The van der Waals surface area contributed by atoms with Crippen LogP contribution in [0.2, 0.25) is 0 Å². The summed E-state index contributed by atoms with van der Waals surface area (Å²) >= 11 is 0. The fourth-order valence-electron chi connectivity index (χ4n) is 3.33. The third kappa shape index (κ3) is 5.59. The van der Waals surface area contributed by atoms with Gasteiger partial charge in [-0.2, -0.15) is 0 Å². The molecule has 0 spiro atoms. The SMILES string of the molecule is CCCC(=O)NCCCc1nc2ccccc2n1CC(=O)Nc1cccc(OC)c1. The number of ether oxygens (including phenoxy) is 1. The predicted molar refractivity (Wildman–Crippen MR) is 118 cm³/mol. The van der Waals surface area contributed by atoms with Gasteiger partial charge in [0.2, 0.25) is 11.8 Å². The lowest BCUT2D eigenvalue weighted by molar-refractivity contribution is -0.121. The number of imidazole rings is 1. The van der Waals surface area contributed by atoms with Crippen molar-refractivity contribution in [3.05, 3.63) is 54.4 Å². The van der Waals surface area contributed by atoms with E-state index in [9.17, 15) is 9.59 Å². The summed E-state index contributed by atoms with van der Waals surface area (Å²) < 4.78 is 7.15. The Morgan fingerprint density at radius 3 is 2.73 bits per heavy atom. The number of aryl methyl sites for hydroxylation is 1. The van der Waals surface area contributed by atoms with Crippen LogP contribution >= 0.6 is 0 Å². The van der Waals surface area contributed by atoms with Crippen LogP contribution in [0.1, 0.15) is 32.0 Å². The molecule has 0 saturated carbocycles. The Balaban J connectivity index is 1.69. The van der Waals surface area contributed by atoms with Gasteiger partial charge in [-0.1, -0.05) is 25.1 Å². The van der Waals surface area contributed by atoms with E-state index in [0.29, 0.717) is 30.8 Å². The zero-order valence-corrected chi connectivity index (χ0v) is 17.5. The molecule has 7 nitrogen and oxygen atoms in total. The standard InChI is InChI=1S/C23H28N4O3/c1-3-8-22(28)24-14-7-13-21-26-19-11-4-5-12-20(19)27(21)16-23(29)25-17-9-6-10-18(15-17)30-2/h4-6,9-12,15H,3,7-8,13-14,16H2,1-2H3,(H,24,28)(H,25,29). The smallest absolute Gasteiger partial charge is 0.244 e. The molecule has 0 unspecified atom stereocenters. The maximum Gasteiger partial charge on any atom is 0.244 e. The summed E-state index contributed by atoms with van der Waals surface area (Å²) in [5, 5.41) is 5.84. The van der Waals surface area contributed by atoms with E-state index in [1.807, 2.05) is 54.0 Å². The Bertz CT molecular complexity index is 1010. The number of fused-ring (bicyclic) bond motifs is 1. The topological polar surface area (TPSA) is 85.2 Å². The molecular weight excluding hydrogens is 380 g/mol. The van der Waals surface area contributed by atoms with Crippen LogP contribution in [0.15, 0.2) is 48.5 Å². The lowest BCUT2D eigenvalue weighted by atomic mass is 10.2. The summed E-state index contributed by atoms with van der Waals surface area (Å²) in [4.78, 5) is 29.0. The normalized spacial score (nSPS) is 10.7. The van der Waals surface area contributed by atoms with Gasteiger partial charge in [0, 0.05) is 31.1 Å². The summed E-state index contributed by atoms with van der Waals surface area (Å²) in [6, 6.07) is 15.1. The highest BCUT2D eigenvalue weighted by molar-refractivity contribution is 5.92. The van der Waals surface area contributed by atoms with E-state index in [2.05, 4.69) is 10.6 Å². The van der Waals surface area contributed by atoms with E-state index in [1.165, 1.54) is 0 Å². The number of carbonyl (C=O) groups excluding carboxylic acids is 2. The molecule has 0 aliphatic heterocycles. The van der Waals surface area contributed by atoms with Gasteiger partial charge in [-0.25, -0.2) is 4.98 Å². The van der Waals surface area contributed by atoms with E-state index >= 15 is 0 Å². The van der Waals surface area contributed by atoms with Crippen LogP contribution < -0.4 is 15.4 Å². The van der Waals surface area contributed by atoms with Gasteiger partial charge in [-0.3, -0.25) is 9.59 Å². The first-order valence-electron chi connectivity index (χ1n) is 10.3. The molecule has 0 aliphatic carbocycles. The Morgan fingerprint density at radius 1 is 1.10 bits per heavy atom. The molecular formula is C23H28N4O3. The maximum absolute atomic E-state index is 12.7. The lowest BCUT2D eigenvalue weighted by Crippen LogP contribution is -2.25. The second kappa shape index (κ2) is 10.4. The van der Waals surface area contributed by atoms with Crippen molar-refractivity contribution in [2.45, 2.75) is 39.2 Å². The summed E-state index contributed by atoms with van der Waals surface area (Å²) in [6.45, 7) is 2.74. The molecule has 1 aromatic heterocycles. The molecule has 3 rings (SSSR count). The van der Waals surface area contributed by atoms with Gasteiger partial charge in [0.1, 0.15) is 18.1 Å². The largest absolute Gasteiger partial charge is 0.497 e. The highest BCUT2D eigenvalue weighted by atomic mass is 16.5. The number of aromatic nitrogens is 2. The van der Waals surface area contributed by atoms with Crippen molar-refractivity contribution in [3.63, 3.8) is 0 Å². The number of rotatable bonds is 10. The number of amides is 2. The molecule has 0 fully saturated rings. The minimum absolute atomic E-state index is 0.0728. The van der Waals surface area contributed by atoms with Crippen molar-refractivity contribution in [1.82, 2.24) is 14.9 Å². The first-order chi connectivity index (χ1) is 14.6. The Morgan fingerprint density at radius 2 is 1.93 bits per heavy atom. The number of para-hydroxylation sites is 2. The summed E-state index contributed by atoms with van der Waals surface area (Å²) in [5.74, 6) is 1.46. The average molecular weight is 409 g/mol. The van der Waals surface area contributed by atoms with Crippen LogP contribution in [-0.4, -0.2) is 35.0 Å². The van der Waals surface area contributed by atoms with Crippen molar-refractivity contribution >= 4 is 28.5 Å². The third-order valence-electron chi connectivity index (χ3n) is 4.77. The second-order valence-electron chi connectivity index (χ2n) is 7.09. The fourth-order valence-corrected chi connectivity index (χ4v) is 3.33. The van der Waals surface area contributed by atoms with E-state index < -0.39 is 0 Å². The van der Waals surface area contributed by atoms with Crippen molar-refractivity contribution in [1.29, 1.82) is 0 Å². The average Bonchev–Trinajstić information content (AvgIpc) is 3.09. The van der Waals surface area contributed by atoms with E-state index in [-0.39, 0.29) is 18.4 Å². The van der Waals surface area contributed by atoms with Gasteiger partial charge in [-0.05, 0) is 37.1 Å². The van der Waals surface area contributed by atoms with E-state index in [4.69, 9.17) is 9.72 Å². The summed E-state index contributed by atoms with van der Waals surface area (Å²) in [5.41, 5.74) is 2.46. The zero-order valence-electron chi connectivity index (χ0n) is 17.5. The van der Waals surface area contributed by atoms with Crippen LogP contribution in [0.5, 0.6) is 5.75 Å². The monoisotopic (exact) mass is 408 g/mol. The third-order valence-corrected chi connectivity index (χ3v) is 4.77. The Labute approximate surface area is 176 Å². The number of hydrogen-bond donors (Lipinski definition) is 2. The summed E-state index contributed by atoms with van der Waals surface area (Å²) in [6.07, 6.45) is 2.82. The van der Waals surface area contributed by atoms with E-state index in [1.54, 1.807) is 13.2 Å². The number of hydrogen-bond acceptors (Lipinski definition) is 4. The highest BCUT2D eigenvalue weighted by Crippen LogP contribution is 2.19. The molecule has 3 aromatic rings. The fraction of sp³-hybridized carbons (Fsp3) is 0.348. The quantitative estimate of drug-likeness (QED) is 0.503. The molecule has 0 saturated heterocycles. The molecule has 7 heteroatoms. The molecule has 0 bridgehead atoms. The van der Waals surface area contributed by atoms with Crippen molar-refractivity contribution in [3.8, 4) is 5.75 Å². The van der Waals surface area contributed by atoms with Gasteiger partial charge < -0.3 is 19.9 Å². The molecule has 2 N–H and O–H groups in total. The molecule has 2 aromatic carbocycles.